The summed E-state index contributed by atoms with van der Waals surface area (Å²) >= 11 is 1.31. The molecule has 0 aliphatic rings. The molecule has 1 unspecified atom stereocenters. The van der Waals surface area contributed by atoms with Crippen molar-refractivity contribution in [3.63, 3.8) is 0 Å². The summed E-state index contributed by atoms with van der Waals surface area (Å²) in [5.74, 6) is -0.762. The van der Waals surface area contributed by atoms with Crippen molar-refractivity contribution >= 4 is 17.7 Å². The van der Waals surface area contributed by atoms with Gasteiger partial charge in [0.2, 0.25) is 0 Å². The fraction of sp³-hybridized carbons (Fsp3) is 0.400. The van der Waals surface area contributed by atoms with E-state index in [2.05, 4.69) is 4.98 Å². The van der Waals surface area contributed by atoms with Crippen LogP contribution >= 0.6 is 11.8 Å². The molecular weight excluding hydrogens is 198 g/mol. The van der Waals surface area contributed by atoms with Crippen LogP contribution in [0.5, 0.6) is 0 Å². The monoisotopic (exact) mass is 211 g/mol. The number of nitrogens with zero attached hydrogens (tertiary/aromatic N) is 1. The maximum Gasteiger partial charge on any atom is 0.317 e. The molecule has 14 heavy (non-hydrogen) atoms. The lowest BCUT2D eigenvalue weighted by Crippen LogP contribution is -2.15. The van der Waals surface area contributed by atoms with Gasteiger partial charge in [0.25, 0.3) is 0 Å². The van der Waals surface area contributed by atoms with E-state index in [1.165, 1.54) is 11.8 Å². The summed E-state index contributed by atoms with van der Waals surface area (Å²) < 4.78 is 0. The number of pyridine rings is 1. The van der Waals surface area contributed by atoms with E-state index in [1.54, 1.807) is 6.20 Å². The molecule has 0 aliphatic carbocycles. The van der Waals surface area contributed by atoms with Crippen molar-refractivity contribution in [2.45, 2.75) is 30.0 Å². The van der Waals surface area contributed by atoms with Crippen molar-refractivity contribution in [2.75, 3.05) is 0 Å². The highest BCUT2D eigenvalue weighted by Crippen LogP contribution is 2.24. The third-order valence-electron chi connectivity index (χ3n) is 1.73. The molecule has 0 bridgehead atoms. The number of aromatic nitrogens is 1. The van der Waals surface area contributed by atoms with E-state index in [0.717, 1.165) is 11.4 Å². The zero-order valence-electron chi connectivity index (χ0n) is 8.01. The van der Waals surface area contributed by atoms with E-state index in [9.17, 15) is 4.79 Å². The van der Waals surface area contributed by atoms with Crippen LogP contribution in [0.3, 0.4) is 0 Å². The van der Waals surface area contributed by atoms with E-state index in [0.29, 0.717) is 6.42 Å². The molecule has 0 fully saturated rings. The van der Waals surface area contributed by atoms with Gasteiger partial charge in [-0.3, -0.25) is 4.79 Å². The molecule has 1 heterocycles. The van der Waals surface area contributed by atoms with Gasteiger partial charge in [0.15, 0.2) is 0 Å². The molecule has 1 aromatic heterocycles. The van der Waals surface area contributed by atoms with Crippen molar-refractivity contribution < 1.29 is 9.90 Å². The Labute approximate surface area is 87.6 Å². The normalized spacial score (nSPS) is 12.4. The molecule has 4 heteroatoms. The summed E-state index contributed by atoms with van der Waals surface area (Å²) in [4.78, 5) is 14.9. The lowest BCUT2D eigenvalue weighted by Gasteiger charge is -2.09. The highest BCUT2D eigenvalue weighted by molar-refractivity contribution is 8.00. The lowest BCUT2D eigenvalue weighted by atomic mass is 10.2. The Morgan fingerprint density at radius 3 is 2.93 bits per heavy atom. The summed E-state index contributed by atoms with van der Waals surface area (Å²) in [5, 5.41) is 9.31. The molecule has 1 atom stereocenters. The first-order valence-electron chi connectivity index (χ1n) is 4.54. The second kappa shape index (κ2) is 5.65. The Hall–Kier alpha value is -1.03. The first-order chi connectivity index (χ1) is 6.74. The fourth-order valence-electron chi connectivity index (χ4n) is 1.06. The minimum atomic E-state index is -0.762. The predicted octanol–water partition coefficient (Wildman–Crippen LogP) is 2.43. The fourth-order valence-corrected chi connectivity index (χ4v) is 2.08. The third-order valence-corrected chi connectivity index (χ3v) is 2.93. The van der Waals surface area contributed by atoms with Gasteiger partial charge in [-0.1, -0.05) is 31.2 Å². The van der Waals surface area contributed by atoms with Crippen LogP contribution < -0.4 is 0 Å². The van der Waals surface area contributed by atoms with Crippen molar-refractivity contribution in [2.24, 2.45) is 0 Å². The number of aliphatic carboxylic acids is 1. The molecule has 0 radical (unpaired) electrons. The predicted molar refractivity (Wildman–Crippen MR) is 56.4 cm³/mol. The molecule has 0 aromatic carbocycles. The Morgan fingerprint density at radius 1 is 1.64 bits per heavy atom. The molecule has 0 spiro atoms. The second-order valence-electron chi connectivity index (χ2n) is 2.90. The Morgan fingerprint density at radius 2 is 2.43 bits per heavy atom. The number of carboxylic acid groups (broad SMARTS) is 1. The third kappa shape index (κ3) is 3.38. The SMILES string of the molecule is CCCC(Sc1ccccn1)C(=O)O. The van der Waals surface area contributed by atoms with Gasteiger partial charge in [-0.2, -0.15) is 0 Å². The quantitative estimate of drug-likeness (QED) is 0.760. The number of hydrogen-bond donors (Lipinski definition) is 1. The zero-order chi connectivity index (χ0) is 10.4. The van der Waals surface area contributed by atoms with Crippen LogP contribution in [0.2, 0.25) is 0 Å². The average molecular weight is 211 g/mol. The lowest BCUT2D eigenvalue weighted by molar-refractivity contribution is -0.136. The van der Waals surface area contributed by atoms with E-state index in [1.807, 2.05) is 25.1 Å². The van der Waals surface area contributed by atoms with Gasteiger partial charge in [-0.25, -0.2) is 4.98 Å². The molecular formula is C10H13NO2S. The minimum absolute atomic E-state index is 0.380. The molecule has 1 N–H and O–H groups in total. The van der Waals surface area contributed by atoms with E-state index in [-0.39, 0.29) is 5.25 Å². The second-order valence-corrected chi connectivity index (χ2v) is 4.12. The number of thioether (sulfide) groups is 1. The smallest absolute Gasteiger partial charge is 0.317 e. The van der Waals surface area contributed by atoms with E-state index < -0.39 is 5.97 Å². The summed E-state index contributed by atoms with van der Waals surface area (Å²) in [6, 6.07) is 5.51. The van der Waals surface area contributed by atoms with Crippen LogP contribution in [0.4, 0.5) is 0 Å². The van der Waals surface area contributed by atoms with E-state index in [4.69, 9.17) is 5.11 Å². The Balaban J connectivity index is 2.60. The first kappa shape index (κ1) is 11.0. The van der Waals surface area contributed by atoms with Crippen LogP contribution in [-0.2, 0) is 4.79 Å². The van der Waals surface area contributed by atoms with Gasteiger partial charge in [-0.15, -0.1) is 0 Å². The van der Waals surface area contributed by atoms with Gasteiger partial charge in [0, 0.05) is 6.20 Å². The summed E-state index contributed by atoms with van der Waals surface area (Å²) in [6.45, 7) is 1.98. The van der Waals surface area contributed by atoms with Gasteiger partial charge >= 0.3 is 5.97 Å². The maximum absolute atomic E-state index is 10.8. The molecule has 0 aliphatic heterocycles. The van der Waals surface area contributed by atoms with Gasteiger partial charge in [0.05, 0.1) is 5.03 Å². The van der Waals surface area contributed by atoms with Gasteiger partial charge < -0.3 is 5.11 Å². The highest BCUT2D eigenvalue weighted by atomic mass is 32.2. The van der Waals surface area contributed by atoms with Gasteiger partial charge in [-0.05, 0) is 18.6 Å². The summed E-state index contributed by atoms with van der Waals surface area (Å²) in [6.07, 6.45) is 3.22. The Kier molecular flexibility index (Phi) is 4.46. The highest BCUT2D eigenvalue weighted by Gasteiger charge is 2.17. The van der Waals surface area contributed by atoms with Crippen molar-refractivity contribution in [1.29, 1.82) is 0 Å². The number of rotatable bonds is 5. The average Bonchev–Trinajstić information content (AvgIpc) is 2.18. The molecule has 1 rings (SSSR count). The molecule has 0 saturated heterocycles. The van der Waals surface area contributed by atoms with Crippen LogP contribution in [0.25, 0.3) is 0 Å². The first-order valence-corrected chi connectivity index (χ1v) is 5.42. The maximum atomic E-state index is 10.8. The number of carboxylic acids is 1. The van der Waals surface area contributed by atoms with Crippen LogP contribution in [0.1, 0.15) is 19.8 Å². The van der Waals surface area contributed by atoms with E-state index >= 15 is 0 Å². The minimum Gasteiger partial charge on any atom is -0.480 e. The standard InChI is InChI=1S/C10H13NO2S/c1-2-5-8(10(12)13)14-9-6-3-4-7-11-9/h3-4,6-8H,2,5H2,1H3,(H,12,13). The molecule has 0 saturated carbocycles. The van der Waals surface area contributed by atoms with Crippen molar-refractivity contribution in [3.8, 4) is 0 Å². The van der Waals surface area contributed by atoms with Crippen molar-refractivity contribution in [1.82, 2.24) is 4.98 Å². The zero-order valence-corrected chi connectivity index (χ0v) is 8.83. The topological polar surface area (TPSA) is 50.2 Å². The Bertz CT molecular complexity index is 289. The molecule has 3 nitrogen and oxygen atoms in total. The summed E-state index contributed by atoms with van der Waals surface area (Å²) in [5.41, 5.74) is 0. The summed E-state index contributed by atoms with van der Waals surface area (Å²) in [7, 11) is 0. The van der Waals surface area contributed by atoms with Crippen LogP contribution in [0, 0.1) is 0 Å². The largest absolute Gasteiger partial charge is 0.480 e. The molecule has 76 valence electrons. The molecule has 0 amide bonds. The number of hydrogen-bond acceptors (Lipinski definition) is 3. The number of carbonyl (C=O) groups is 1. The van der Waals surface area contributed by atoms with Crippen LogP contribution in [0.15, 0.2) is 29.4 Å². The molecule has 1 aromatic rings. The van der Waals surface area contributed by atoms with Crippen molar-refractivity contribution in [3.05, 3.63) is 24.4 Å². The van der Waals surface area contributed by atoms with Crippen LogP contribution in [-0.4, -0.2) is 21.3 Å². The van der Waals surface area contributed by atoms with Gasteiger partial charge in [0.1, 0.15) is 5.25 Å².